The van der Waals surface area contributed by atoms with Gasteiger partial charge in [0.15, 0.2) is 0 Å². The number of benzene rings is 2. The third-order valence-corrected chi connectivity index (χ3v) is 4.80. The number of amides is 3. The Morgan fingerprint density at radius 3 is 2.42 bits per heavy atom. The van der Waals surface area contributed by atoms with E-state index in [1.165, 1.54) is 0 Å². The number of nitrogens with one attached hydrogen (secondary N) is 2. The van der Waals surface area contributed by atoms with Crippen molar-refractivity contribution in [2.75, 3.05) is 6.54 Å². The molecule has 2 atom stereocenters. The molecule has 0 saturated carbocycles. The van der Waals surface area contributed by atoms with Gasteiger partial charge in [0.25, 0.3) is 0 Å². The third-order valence-electron chi connectivity index (χ3n) is 4.80. The van der Waals surface area contributed by atoms with Crippen LogP contribution in [-0.4, -0.2) is 36.1 Å². The minimum atomic E-state index is -0.799. The summed E-state index contributed by atoms with van der Waals surface area (Å²) >= 11 is 0. The van der Waals surface area contributed by atoms with Crippen molar-refractivity contribution in [3.8, 4) is 0 Å². The summed E-state index contributed by atoms with van der Waals surface area (Å²) in [6.45, 7) is 7.60. The second-order valence-corrected chi connectivity index (χ2v) is 8.90. The molecule has 0 bridgehead atoms. The molecule has 0 aliphatic rings. The van der Waals surface area contributed by atoms with Crippen LogP contribution < -0.4 is 16.4 Å². The molecule has 0 aromatic heterocycles. The van der Waals surface area contributed by atoms with Crippen molar-refractivity contribution < 1.29 is 19.1 Å². The average Bonchev–Trinajstić information content (AvgIpc) is 2.65. The Labute approximate surface area is 183 Å². The summed E-state index contributed by atoms with van der Waals surface area (Å²) in [7, 11) is 0. The zero-order chi connectivity index (χ0) is 23.0. The third kappa shape index (κ3) is 8.28. The highest BCUT2D eigenvalue weighted by Gasteiger charge is 2.25. The highest BCUT2D eigenvalue weighted by molar-refractivity contribution is 5.89. The summed E-state index contributed by atoms with van der Waals surface area (Å²) in [6, 6.07) is 13.0. The van der Waals surface area contributed by atoms with Gasteiger partial charge >= 0.3 is 6.09 Å². The summed E-state index contributed by atoms with van der Waals surface area (Å²) in [4.78, 5) is 36.3. The number of ether oxygens (including phenoxy) is 1. The van der Waals surface area contributed by atoms with Crippen molar-refractivity contribution in [2.45, 2.75) is 58.6 Å². The predicted octanol–water partition coefficient (Wildman–Crippen LogP) is 3.29. The maximum atomic E-state index is 12.9. The lowest BCUT2D eigenvalue weighted by atomic mass is 9.98. The van der Waals surface area contributed by atoms with Crippen LogP contribution in [0.15, 0.2) is 42.5 Å². The van der Waals surface area contributed by atoms with E-state index < -0.39 is 17.7 Å². The van der Waals surface area contributed by atoms with Crippen LogP contribution in [-0.2, 0) is 20.7 Å². The lowest BCUT2D eigenvalue weighted by molar-refractivity contribution is -0.123. The lowest BCUT2D eigenvalue weighted by Crippen LogP contribution is -2.49. The minimum Gasteiger partial charge on any atom is -0.444 e. The van der Waals surface area contributed by atoms with Gasteiger partial charge in [-0.25, -0.2) is 4.79 Å². The molecular weight excluding hydrogens is 394 g/mol. The second kappa shape index (κ2) is 10.8. The molecule has 2 rings (SSSR count). The number of rotatable bonds is 9. The fourth-order valence-corrected chi connectivity index (χ4v) is 3.36. The minimum absolute atomic E-state index is 0.0631. The monoisotopic (exact) mass is 427 g/mol. The van der Waals surface area contributed by atoms with E-state index in [2.05, 4.69) is 10.6 Å². The van der Waals surface area contributed by atoms with E-state index in [4.69, 9.17) is 10.5 Å². The van der Waals surface area contributed by atoms with Gasteiger partial charge in [-0.2, -0.15) is 0 Å². The van der Waals surface area contributed by atoms with Crippen LogP contribution in [0.3, 0.4) is 0 Å². The molecule has 168 valence electrons. The van der Waals surface area contributed by atoms with E-state index in [9.17, 15) is 14.4 Å². The summed E-state index contributed by atoms with van der Waals surface area (Å²) in [5.41, 5.74) is 5.51. The maximum absolute atomic E-state index is 12.9. The number of nitrogens with two attached hydrogens (primary N) is 1. The zero-order valence-corrected chi connectivity index (χ0v) is 18.7. The summed E-state index contributed by atoms with van der Waals surface area (Å²) in [6.07, 6.45) is 0.562. The van der Waals surface area contributed by atoms with Crippen molar-refractivity contribution in [3.05, 3.63) is 48.0 Å². The second-order valence-electron chi connectivity index (χ2n) is 8.90. The summed E-state index contributed by atoms with van der Waals surface area (Å²) in [5.74, 6) is -0.600. The largest absolute Gasteiger partial charge is 0.444 e. The van der Waals surface area contributed by atoms with Gasteiger partial charge in [-0.15, -0.1) is 0 Å². The number of hydrogen-bond donors (Lipinski definition) is 3. The maximum Gasteiger partial charge on any atom is 0.408 e. The Hall–Kier alpha value is -3.09. The van der Waals surface area contributed by atoms with Crippen molar-refractivity contribution in [1.82, 2.24) is 10.6 Å². The molecule has 0 aliphatic carbocycles. The highest BCUT2D eigenvalue weighted by atomic mass is 16.6. The topological polar surface area (TPSA) is 111 Å². The Bertz CT molecular complexity index is 915. The standard InChI is InChI=1S/C24H33N3O4/c1-16(14-21(25)28)12-13-26-22(29)20(27-23(30)31-24(2,3)4)15-18-10-7-9-17-8-5-6-11-19(17)18/h5-11,16,20H,12-15H2,1-4H3,(H2,25,28)(H,26,29)(H,27,30)/t16?,20-/m0/s1. The first-order valence-corrected chi connectivity index (χ1v) is 10.6. The molecule has 0 fully saturated rings. The van der Waals surface area contributed by atoms with Gasteiger partial charge in [0.2, 0.25) is 11.8 Å². The van der Waals surface area contributed by atoms with Crippen LogP contribution in [0.5, 0.6) is 0 Å². The van der Waals surface area contributed by atoms with Crippen molar-refractivity contribution >= 4 is 28.7 Å². The smallest absolute Gasteiger partial charge is 0.408 e. The van der Waals surface area contributed by atoms with Gasteiger partial charge in [-0.05, 0) is 49.4 Å². The van der Waals surface area contributed by atoms with E-state index >= 15 is 0 Å². The predicted molar refractivity (Wildman–Crippen MR) is 121 cm³/mol. The Kier molecular flexibility index (Phi) is 8.42. The molecule has 2 aromatic carbocycles. The first kappa shape index (κ1) is 24.2. The molecule has 0 saturated heterocycles. The molecule has 0 aliphatic heterocycles. The zero-order valence-electron chi connectivity index (χ0n) is 18.7. The Balaban J connectivity index is 2.13. The molecule has 0 heterocycles. The number of alkyl carbamates (subject to hydrolysis) is 1. The van der Waals surface area contributed by atoms with Gasteiger partial charge in [0, 0.05) is 19.4 Å². The summed E-state index contributed by atoms with van der Waals surface area (Å²) in [5, 5.41) is 7.67. The molecular formula is C24H33N3O4. The van der Waals surface area contributed by atoms with E-state index in [1.54, 1.807) is 20.8 Å². The van der Waals surface area contributed by atoms with Crippen LogP contribution in [0.4, 0.5) is 4.79 Å². The molecule has 0 radical (unpaired) electrons. The number of carbonyl (C=O) groups excluding carboxylic acids is 3. The van der Waals surface area contributed by atoms with Crippen LogP contribution in [0.1, 0.15) is 46.1 Å². The lowest BCUT2D eigenvalue weighted by Gasteiger charge is -2.24. The van der Waals surface area contributed by atoms with Crippen LogP contribution in [0.2, 0.25) is 0 Å². The number of fused-ring (bicyclic) bond motifs is 1. The Morgan fingerprint density at radius 2 is 1.74 bits per heavy atom. The number of primary amides is 1. The summed E-state index contributed by atoms with van der Waals surface area (Å²) < 4.78 is 5.35. The average molecular weight is 428 g/mol. The molecule has 7 nitrogen and oxygen atoms in total. The van der Waals surface area contributed by atoms with Crippen LogP contribution in [0.25, 0.3) is 10.8 Å². The van der Waals surface area contributed by atoms with E-state index in [1.807, 2.05) is 49.4 Å². The molecule has 3 amide bonds. The number of carbonyl (C=O) groups is 3. The van der Waals surface area contributed by atoms with E-state index in [0.717, 1.165) is 16.3 Å². The first-order chi connectivity index (χ1) is 14.5. The van der Waals surface area contributed by atoms with Crippen molar-refractivity contribution in [3.63, 3.8) is 0 Å². The molecule has 4 N–H and O–H groups in total. The van der Waals surface area contributed by atoms with E-state index in [0.29, 0.717) is 19.4 Å². The molecule has 0 spiro atoms. The number of hydrogen-bond acceptors (Lipinski definition) is 4. The molecule has 7 heteroatoms. The van der Waals surface area contributed by atoms with E-state index in [-0.39, 0.29) is 24.2 Å². The normalized spacial score (nSPS) is 13.3. The van der Waals surface area contributed by atoms with Crippen LogP contribution in [0, 0.1) is 5.92 Å². The molecule has 1 unspecified atom stereocenters. The van der Waals surface area contributed by atoms with Crippen molar-refractivity contribution in [1.29, 1.82) is 0 Å². The fourth-order valence-electron chi connectivity index (χ4n) is 3.36. The van der Waals surface area contributed by atoms with Gasteiger partial charge in [-0.1, -0.05) is 49.4 Å². The Morgan fingerprint density at radius 1 is 1.06 bits per heavy atom. The van der Waals surface area contributed by atoms with Gasteiger partial charge < -0.3 is 21.1 Å². The van der Waals surface area contributed by atoms with Gasteiger partial charge in [-0.3, -0.25) is 9.59 Å². The quantitative estimate of drug-likeness (QED) is 0.570. The first-order valence-electron chi connectivity index (χ1n) is 10.6. The molecule has 31 heavy (non-hydrogen) atoms. The van der Waals surface area contributed by atoms with Crippen LogP contribution >= 0.6 is 0 Å². The van der Waals surface area contributed by atoms with Crippen molar-refractivity contribution in [2.24, 2.45) is 11.7 Å². The van der Waals surface area contributed by atoms with Gasteiger partial charge in [0.05, 0.1) is 0 Å². The fraction of sp³-hybridized carbons (Fsp3) is 0.458. The highest BCUT2D eigenvalue weighted by Crippen LogP contribution is 2.20. The van der Waals surface area contributed by atoms with Gasteiger partial charge in [0.1, 0.15) is 11.6 Å². The SMILES string of the molecule is CC(CCNC(=O)[C@H](Cc1cccc2ccccc12)NC(=O)OC(C)(C)C)CC(N)=O. The molecule has 2 aromatic rings.